The van der Waals surface area contributed by atoms with Crippen molar-refractivity contribution in [3.05, 3.63) is 47.0 Å². The Hall–Kier alpha value is -1.92. The van der Waals surface area contributed by atoms with E-state index in [9.17, 15) is 5.11 Å². The Bertz CT molecular complexity index is 770. The van der Waals surface area contributed by atoms with Crippen LogP contribution in [-0.2, 0) is 4.79 Å². The van der Waals surface area contributed by atoms with E-state index in [1.165, 1.54) is 15.6 Å². The van der Waals surface area contributed by atoms with E-state index in [0.717, 1.165) is 29.1 Å². The first-order valence-corrected chi connectivity index (χ1v) is 12.6. The molecular formula is C20H29NO3SSi. The molecule has 0 heterocycles. The van der Waals surface area contributed by atoms with Gasteiger partial charge in [0, 0.05) is 17.5 Å². The fourth-order valence-corrected chi connectivity index (χ4v) is 6.94. The number of aliphatic carboxylic acids is 1. The van der Waals surface area contributed by atoms with E-state index in [0.29, 0.717) is 5.75 Å². The van der Waals surface area contributed by atoms with Crippen LogP contribution < -0.4 is 10.9 Å². The number of rotatable bonds is 4. The summed E-state index contributed by atoms with van der Waals surface area (Å²) < 4.78 is 0. The first kappa shape index (κ1) is 22.1. The number of carboxylic acid groups (broad SMARTS) is 1. The molecular weight excluding hydrogens is 362 g/mol. The van der Waals surface area contributed by atoms with Crippen molar-refractivity contribution in [1.82, 2.24) is 0 Å². The van der Waals surface area contributed by atoms with Crippen molar-refractivity contribution in [2.24, 2.45) is 0 Å². The highest BCUT2D eigenvalue weighted by atomic mass is 32.2. The van der Waals surface area contributed by atoms with Crippen LogP contribution in [0.2, 0.25) is 13.1 Å². The maximum Gasteiger partial charge on any atom is 0.300 e. The third-order valence-electron chi connectivity index (χ3n) is 4.27. The predicted octanol–water partition coefficient (Wildman–Crippen LogP) is 4.24. The average molecular weight is 392 g/mol. The molecule has 2 aromatic carbocycles. The minimum atomic E-state index is -1.52. The third kappa shape index (κ3) is 6.11. The molecule has 0 aliphatic rings. The van der Waals surface area contributed by atoms with Crippen LogP contribution >= 0.6 is 11.8 Å². The van der Waals surface area contributed by atoms with Crippen LogP contribution in [0, 0.1) is 20.8 Å². The highest BCUT2D eigenvalue weighted by Gasteiger charge is 2.24. The van der Waals surface area contributed by atoms with E-state index >= 15 is 0 Å². The standard InChI is InChI=1S/C18H25NOSSi.C2H4O2/c1-12-10-17(20)13(2)14(3)18(12)21-11-22(4,5)16-8-6-15(19)7-9-16;1-2(3)4/h6-10,20H,11,19H2,1-5H3;1H3,(H,3,4). The van der Waals surface area contributed by atoms with E-state index < -0.39 is 14.0 Å². The minimum Gasteiger partial charge on any atom is -0.508 e. The van der Waals surface area contributed by atoms with Gasteiger partial charge in [0.05, 0.1) is 8.07 Å². The number of aryl methyl sites for hydroxylation is 1. The zero-order valence-corrected chi connectivity index (χ0v) is 18.2. The monoisotopic (exact) mass is 391 g/mol. The molecule has 0 bridgehead atoms. The van der Waals surface area contributed by atoms with Gasteiger partial charge >= 0.3 is 0 Å². The van der Waals surface area contributed by atoms with Crippen molar-refractivity contribution < 1.29 is 15.0 Å². The van der Waals surface area contributed by atoms with Crippen LogP contribution in [0.4, 0.5) is 5.69 Å². The summed E-state index contributed by atoms with van der Waals surface area (Å²) in [6.07, 6.45) is 0. The van der Waals surface area contributed by atoms with Gasteiger partial charge < -0.3 is 15.9 Å². The predicted molar refractivity (Wildman–Crippen MR) is 114 cm³/mol. The zero-order valence-electron chi connectivity index (χ0n) is 16.4. The maximum absolute atomic E-state index is 9.93. The number of carbonyl (C=O) groups is 1. The fourth-order valence-electron chi connectivity index (χ4n) is 2.53. The number of thioether (sulfide) groups is 1. The molecule has 0 unspecified atom stereocenters. The lowest BCUT2D eigenvalue weighted by atomic mass is 10.1. The molecule has 4 nitrogen and oxygen atoms in total. The Morgan fingerprint density at radius 1 is 1.12 bits per heavy atom. The summed E-state index contributed by atoms with van der Waals surface area (Å²) in [5.41, 5.74) is 9.96. The third-order valence-corrected chi connectivity index (χ3v) is 10.5. The molecule has 0 saturated heterocycles. The highest BCUT2D eigenvalue weighted by molar-refractivity contribution is 8.01. The van der Waals surface area contributed by atoms with E-state index in [1.54, 1.807) is 0 Å². The lowest BCUT2D eigenvalue weighted by molar-refractivity contribution is -0.134. The second kappa shape index (κ2) is 9.14. The summed E-state index contributed by atoms with van der Waals surface area (Å²) in [6, 6.07) is 10.2. The van der Waals surface area contributed by atoms with Crippen molar-refractivity contribution in [2.75, 3.05) is 11.1 Å². The SMILES string of the molecule is CC(=O)O.Cc1cc(O)c(C)c(C)c1SC[Si](C)(C)c1ccc(N)cc1. The van der Waals surface area contributed by atoms with Gasteiger partial charge in [0.25, 0.3) is 5.97 Å². The summed E-state index contributed by atoms with van der Waals surface area (Å²) in [6.45, 7) is 12.0. The van der Waals surface area contributed by atoms with Crippen LogP contribution in [0.15, 0.2) is 35.2 Å². The summed E-state index contributed by atoms with van der Waals surface area (Å²) in [5, 5.41) is 19.9. The Kier molecular flexibility index (Phi) is 7.78. The van der Waals surface area contributed by atoms with Crippen molar-refractivity contribution in [1.29, 1.82) is 0 Å². The molecule has 0 saturated carbocycles. The summed E-state index contributed by atoms with van der Waals surface area (Å²) in [4.78, 5) is 10.3. The Balaban J connectivity index is 0.000000765. The van der Waals surface area contributed by atoms with Gasteiger partial charge in [-0.3, -0.25) is 4.79 Å². The first-order valence-electron chi connectivity index (χ1n) is 8.44. The highest BCUT2D eigenvalue weighted by Crippen LogP contribution is 2.34. The van der Waals surface area contributed by atoms with Gasteiger partial charge in [0.1, 0.15) is 5.75 Å². The van der Waals surface area contributed by atoms with Crippen molar-refractivity contribution in [2.45, 2.75) is 45.7 Å². The Morgan fingerprint density at radius 2 is 1.62 bits per heavy atom. The summed E-state index contributed by atoms with van der Waals surface area (Å²) in [7, 11) is -1.52. The van der Waals surface area contributed by atoms with Crippen molar-refractivity contribution in [3.8, 4) is 5.75 Å². The second-order valence-electron chi connectivity index (χ2n) is 7.11. The largest absolute Gasteiger partial charge is 0.508 e. The summed E-state index contributed by atoms with van der Waals surface area (Å²) >= 11 is 1.92. The number of carboxylic acids is 1. The van der Waals surface area contributed by atoms with Crippen LogP contribution in [0.25, 0.3) is 0 Å². The molecule has 2 rings (SSSR count). The molecule has 0 aliphatic heterocycles. The van der Waals surface area contributed by atoms with Gasteiger partial charge in [-0.15, -0.1) is 11.8 Å². The second-order valence-corrected chi connectivity index (χ2v) is 13.3. The van der Waals surface area contributed by atoms with E-state index in [-0.39, 0.29) is 0 Å². The number of hydrogen-bond donors (Lipinski definition) is 3. The number of nitrogen functional groups attached to an aromatic ring is 1. The van der Waals surface area contributed by atoms with Gasteiger partial charge in [-0.05, 0) is 61.0 Å². The van der Waals surface area contributed by atoms with E-state index in [1.807, 2.05) is 36.9 Å². The average Bonchev–Trinajstić information content (AvgIpc) is 2.52. The molecule has 26 heavy (non-hydrogen) atoms. The Labute approximate surface area is 161 Å². The topological polar surface area (TPSA) is 83.5 Å². The van der Waals surface area contributed by atoms with Crippen LogP contribution in [0.1, 0.15) is 23.6 Å². The van der Waals surface area contributed by atoms with Crippen LogP contribution in [0.3, 0.4) is 0 Å². The molecule has 0 radical (unpaired) electrons. The van der Waals surface area contributed by atoms with Gasteiger partial charge in [0.15, 0.2) is 0 Å². The summed E-state index contributed by atoms with van der Waals surface area (Å²) in [5.74, 6) is -0.436. The molecule has 0 amide bonds. The van der Waals surface area contributed by atoms with Gasteiger partial charge in [-0.25, -0.2) is 0 Å². The number of nitrogens with two attached hydrogens (primary N) is 1. The number of benzene rings is 2. The molecule has 0 spiro atoms. The van der Waals surface area contributed by atoms with Crippen LogP contribution in [0.5, 0.6) is 5.75 Å². The number of phenols is 1. The number of hydrogen-bond acceptors (Lipinski definition) is 4. The maximum atomic E-state index is 9.93. The van der Waals surface area contributed by atoms with E-state index in [2.05, 4.69) is 39.1 Å². The Morgan fingerprint density at radius 3 is 2.12 bits per heavy atom. The first-order chi connectivity index (χ1) is 12.0. The number of anilines is 1. The fraction of sp³-hybridized carbons (Fsp3) is 0.350. The van der Waals surface area contributed by atoms with E-state index in [4.69, 9.17) is 15.6 Å². The lowest BCUT2D eigenvalue weighted by Crippen LogP contribution is -2.44. The smallest absolute Gasteiger partial charge is 0.300 e. The van der Waals surface area contributed by atoms with Gasteiger partial charge in [-0.2, -0.15) is 0 Å². The number of aromatic hydroxyl groups is 1. The van der Waals surface area contributed by atoms with Gasteiger partial charge in [0.2, 0.25) is 0 Å². The molecule has 2 aromatic rings. The molecule has 0 atom stereocenters. The zero-order chi connectivity index (χ0) is 20.1. The normalized spacial score (nSPS) is 10.8. The molecule has 6 heteroatoms. The van der Waals surface area contributed by atoms with Gasteiger partial charge in [-0.1, -0.05) is 30.4 Å². The molecule has 0 fully saturated rings. The molecule has 0 aliphatic carbocycles. The molecule has 0 aromatic heterocycles. The van der Waals surface area contributed by atoms with Crippen LogP contribution in [-0.4, -0.2) is 29.6 Å². The quantitative estimate of drug-likeness (QED) is 0.412. The minimum absolute atomic E-state index is 0.398. The lowest BCUT2D eigenvalue weighted by Gasteiger charge is -2.24. The number of phenolic OH excluding ortho intramolecular Hbond substituents is 1. The molecule has 4 N–H and O–H groups in total. The molecule has 142 valence electrons. The van der Waals surface area contributed by atoms with Crippen molar-refractivity contribution in [3.63, 3.8) is 0 Å². The van der Waals surface area contributed by atoms with Crippen molar-refractivity contribution >= 4 is 36.7 Å².